The second kappa shape index (κ2) is 6.67. The number of amides is 1. The van der Waals surface area contributed by atoms with Crippen molar-refractivity contribution in [2.45, 2.75) is 26.8 Å². The highest BCUT2D eigenvalue weighted by Gasteiger charge is 2.10. The van der Waals surface area contributed by atoms with Crippen LogP contribution in [0.3, 0.4) is 0 Å². The average Bonchev–Trinajstić information content (AvgIpc) is 2.68. The number of aryl methyl sites for hydroxylation is 1. The van der Waals surface area contributed by atoms with Gasteiger partial charge in [0.1, 0.15) is 12.4 Å². The molecule has 0 spiro atoms. The van der Waals surface area contributed by atoms with Gasteiger partial charge in [0.15, 0.2) is 0 Å². The van der Waals surface area contributed by atoms with Crippen LogP contribution in [0.2, 0.25) is 0 Å². The van der Waals surface area contributed by atoms with Crippen LogP contribution in [-0.2, 0) is 17.8 Å². The number of carbonyl (C=O) groups is 1. The molecule has 0 atom stereocenters. The van der Waals surface area contributed by atoms with E-state index < -0.39 is 0 Å². The topological polar surface area (TPSA) is 51.1 Å². The van der Waals surface area contributed by atoms with Crippen molar-refractivity contribution in [3.63, 3.8) is 0 Å². The van der Waals surface area contributed by atoms with Gasteiger partial charge in [-0.25, -0.2) is 4.39 Å². The maximum atomic E-state index is 12.8. The summed E-state index contributed by atoms with van der Waals surface area (Å²) in [6, 6.07) is 6.18. The number of hydrogen-bond donors (Lipinski definition) is 1. The zero-order chi connectivity index (χ0) is 15.4. The summed E-state index contributed by atoms with van der Waals surface area (Å²) in [4.78, 5) is 24.4. The molecule has 2 rings (SSSR count). The van der Waals surface area contributed by atoms with E-state index in [4.69, 9.17) is 0 Å². The molecular weight excluding hydrogens is 291 g/mol. The van der Waals surface area contributed by atoms with Crippen LogP contribution in [0.4, 0.5) is 4.39 Å². The van der Waals surface area contributed by atoms with E-state index in [-0.39, 0.29) is 23.1 Å². The smallest absolute Gasteiger partial charge is 0.308 e. The lowest BCUT2D eigenvalue weighted by Gasteiger charge is -2.07. The molecule has 1 amide bonds. The molecule has 1 aromatic heterocycles. The first-order chi connectivity index (χ1) is 9.97. The Morgan fingerprint density at radius 1 is 1.29 bits per heavy atom. The Kier molecular flexibility index (Phi) is 4.90. The van der Waals surface area contributed by atoms with Crippen LogP contribution in [0.15, 0.2) is 29.1 Å². The summed E-state index contributed by atoms with van der Waals surface area (Å²) < 4.78 is 14.2. The fraction of sp³-hybridized carbons (Fsp3) is 0.333. The molecule has 0 saturated carbocycles. The largest absolute Gasteiger partial charge is 0.354 e. The van der Waals surface area contributed by atoms with Gasteiger partial charge in [-0.15, -0.1) is 0 Å². The molecule has 0 unspecified atom stereocenters. The Morgan fingerprint density at radius 2 is 1.95 bits per heavy atom. The van der Waals surface area contributed by atoms with Crippen molar-refractivity contribution >= 4 is 17.2 Å². The zero-order valence-corrected chi connectivity index (χ0v) is 12.8. The summed E-state index contributed by atoms with van der Waals surface area (Å²) in [6.07, 6.45) is 0.628. The molecule has 0 fully saturated rings. The second-order valence-electron chi connectivity index (χ2n) is 4.82. The third-order valence-corrected chi connectivity index (χ3v) is 4.32. The molecule has 21 heavy (non-hydrogen) atoms. The van der Waals surface area contributed by atoms with Gasteiger partial charge in [0.2, 0.25) is 5.91 Å². The van der Waals surface area contributed by atoms with Crippen LogP contribution in [0, 0.1) is 19.7 Å². The Labute approximate surface area is 126 Å². The Bertz CT molecular complexity index is 689. The lowest BCUT2D eigenvalue weighted by Crippen LogP contribution is -2.32. The van der Waals surface area contributed by atoms with Gasteiger partial charge in [0.25, 0.3) is 0 Å². The number of rotatable bonds is 5. The summed E-state index contributed by atoms with van der Waals surface area (Å²) >= 11 is 1.15. The predicted molar refractivity (Wildman–Crippen MR) is 81.2 cm³/mol. The number of aromatic nitrogens is 1. The summed E-state index contributed by atoms with van der Waals surface area (Å²) in [6.45, 7) is 4.20. The molecule has 0 bridgehead atoms. The molecule has 0 radical (unpaired) electrons. The van der Waals surface area contributed by atoms with Crippen molar-refractivity contribution in [3.8, 4) is 0 Å². The summed E-state index contributed by atoms with van der Waals surface area (Å²) in [7, 11) is 0. The van der Waals surface area contributed by atoms with Gasteiger partial charge in [0, 0.05) is 17.1 Å². The lowest BCUT2D eigenvalue weighted by molar-refractivity contribution is -0.121. The van der Waals surface area contributed by atoms with E-state index in [2.05, 4.69) is 5.32 Å². The molecule has 1 N–H and O–H groups in total. The van der Waals surface area contributed by atoms with E-state index in [0.29, 0.717) is 13.0 Å². The van der Waals surface area contributed by atoms with Crippen LogP contribution < -0.4 is 10.2 Å². The molecule has 0 aliphatic rings. The Morgan fingerprint density at radius 3 is 2.52 bits per heavy atom. The van der Waals surface area contributed by atoms with Gasteiger partial charge in [0.05, 0.1) is 0 Å². The minimum absolute atomic E-state index is 0.0401. The van der Waals surface area contributed by atoms with E-state index in [1.54, 1.807) is 12.1 Å². The minimum atomic E-state index is -0.273. The number of benzene rings is 1. The maximum absolute atomic E-state index is 12.8. The first-order valence-electron chi connectivity index (χ1n) is 6.65. The van der Waals surface area contributed by atoms with Gasteiger partial charge in [-0.2, -0.15) is 0 Å². The van der Waals surface area contributed by atoms with Gasteiger partial charge in [-0.05, 0) is 38.0 Å². The third kappa shape index (κ3) is 4.01. The van der Waals surface area contributed by atoms with E-state index in [0.717, 1.165) is 27.5 Å². The summed E-state index contributed by atoms with van der Waals surface area (Å²) in [5.74, 6) is -0.467. The van der Waals surface area contributed by atoms with Crippen molar-refractivity contribution in [1.82, 2.24) is 9.88 Å². The SMILES string of the molecule is Cc1sc(=O)n(CC(=O)NCCc2ccc(F)cc2)c1C. The molecule has 1 aromatic carbocycles. The van der Waals surface area contributed by atoms with Gasteiger partial charge < -0.3 is 5.32 Å². The second-order valence-corrected chi connectivity index (χ2v) is 5.99. The molecule has 0 aliphatic heterocycles. The average molecular weight is 308 g/mol. The third-order valence-electron chi connectivity index (χ3n) is 3.33. The normalized spacial score (nSPS) is 10.6. The number of thiazole rings is 1. The molecule has 2 aromatic rings. The van der Waals surface area contributed by atoms with Gasteiger partial charge in [-0.1, -0.05) is 23.5 Å². The highest BCUT2D eigenvalue weighted by atomic mass is 32.1. The molecule has 112 valence electrons. The summed E-state index contributed by atoms with van der Waals surface area (Å²) in [5.41, 5.74) is 1.79. The number of nitrogens with one attached hydrogen (secondary N) is 1. The van der Waals surface area contributed by atoms with Gasteiger partial charge in [-0.3, -0.25) is 14.2 Å². The fourth-order valence-corrected chi connectivity index (χ4v) is 2.80. The summed E-state index contributed by atoms with van der Waals surface area (Å²) in [5, 5.41) is 2.77. The molecular formula is C15H17FN2O2S. The van der Waals surface area contributed by atoms with E-state index >= 15 is 0 Å². The number of halogens is 1. The minimum Gasteiger partial charge on any atom is -0.354 e. The first kappa shape index (κ1) is 15.4. The number of hydrogen-bond acceptors (Lipinski definition) is 3. The monoisotopic (exact) mass is 308 g/mol. The van der Waals surface area contributed by atoms with Crippen LogP contribution >= 0.6 is 11.3 Å². The van der Waals surface area contributed by atoms with Crippen LogP contribution in [0.5, 0.6) is 0 Å². The molecule has 6 heteroatoms. The van der Waals surface area contributed by atoms with Crippen molar-refractivity contribution in [3.05, 3.63) is 55.9 Å². The van der Waals surface area contributed by atoms with Crippen molar-refractivity contribution in [2.24, 2.45) is 0 Å². The Hall–Kier alpha value is -1.95. The highest BCUT2D eigenvalue weighted by Crippen LogP contribution is 2.08. The van der Waals surface area contributed by atoms with Crippen LogP contribution in [-0.4, -0.2) is 17.0 Å². The molecule has 4 nitrogen and oxygen atoms in total. The van der Waals surface area contributed by atoms with Crippen LogP contribution in [0.25, 0.3) is 0 Å². The maximum Gasteiger partial charge on any atom is 0.308 e. The first-order valence-corrected chi connectivity index (χ1v) is 7.47. The molecule has 1 heterocycles. The Balaban J connectivity index is 1.85. The van der Waals surface area contributed by atoms with E-state index in [1.165, 1.54) is 16.7 Å². The standard InChI is InChI=1S/C15H17FN2O2S/c1-10-11(2)21-15(20)18(10)9-14(19)17-8-7-12-3-5-13(16)6-4-12/h3-6H,7-9H2,1-2H3,(H,17,19). The van der Waals surface area contributed by atoms with Crippen LogP contribution in [0.1, 0.15) is 16.1 Å². The van der Waals surface area contributed by atoms with Gasteiger partial charge >= 0.3 is 4.87 Å². The highest BCUT2D eigenvalue weighted by molar-refractivity contribution is 7.09. The van der Waals surface area contributed by atoms with E-state index in [9.17, 15) is 14.0 Å². The quantitative estimate of drug-likeness (QED) is 0.919. The zero-order valence-electron chi connectivity index (χ0n) is 12.0. The molecule has 0 saturated heterocycles. The van der Waals surface area contributed by atoms with Crippen molar-refractivity contribution in [1.29, 1.82) is 0 Å². The van der Waals surface area contributed by atoms with Crippen molar-refractivity contribution < 1.29 is 9.18 Å². The number of nitrogens with zero attached hydrogens (tertiary/aromatic N) is 1. The lowest BCUT2D eigenvalue weighted by atomic mass is 10.1. The van der Waals surface area contributed by atoms with E-state index in [1.807, 2.05) is 13.8 Å². The predicted octanol–water partition coefficient (Wildman–Crippen LogP) is 2.02. The fourth-order valence-electron chi connectivity index (χ4n) is 1.97. The van der Waals surface area contributed by atoms with Crippen molar-refractivity contribution in [2.75, 3.05) is 6.54 Å². The number of carbonyl (C=O) groups excluding carboxylic acids is 1. The molecule has 0 aliphatic carbocycles.